The Balaban J connectivity index is 1.52. The molecule has 32 heavy (non-hydrogen) atoms. The zero-order valence-electron chi connectivity index (χ0n) is 17.1. The number of fused-ring (bicyclic) bond motifs is 2. The number of aromatic nitrogens is 2. The molecule has 1 aliphatic rings. The maximum atomic E-state index is 13.2. The third-order valence-electron chi connectivity index (χ3n) is 4.64. The van der Waals surface area contributed by atoms with E-state index in [1.165, 1.54) is 29.9 Å². The molecule has 0 saturated heterocycles. The molecule has 4 rings (SSSR count). The quantitative estimate of drug-likeness (QED) is 0.422. The fraction of sp³-hybridized carbons (Fsp3) is 0.286. The maximum absolute atomic E-state index is 13.2. The van der Waals surface area contributed by atoms with Crippen molar-refractivity contribution >= 4 is 34.3 Å². The van der Waals surface area contributed by atoms with Gasteiger partial charge in [0.2, 0.25) is 5.91 Å². The minimum atomic E-state index is -3.73. The van der Waals surface area contributed by atoms with Crippen LogP contribution >= 0.6 is 11.8 Å². The number of ether oxygens (including phenoxy) is 3. The minimum Gasteiger partial charge on any atom is -0.395 e. The van der Waals surface area contributed by atoms with Crippen LogP contribution in [0.15, 0.2) is 52.4 Å². The summed E-state index contributed by atoms with van der Waals surface area (Å²) in [5.74, 6) is -0.749. The van der Waals surface area contributed by atoms with Crippen LogP contribution in [0.1, 0.15) is 13.0 Å². The van der Waals surface area contributed by atoms with Crippen molar-refractivity contribution in [3.8, 4) is 11.5 Å². The summed E-state index contributed by atoms with van der Waals surface area (Å²) in [6, 6.07) is 10.6. The molecule has 0 fully saturated rings. The van der Waals surface area contributed by atoms with Gasteiger partial charge >= 0.3 is 6.29 Å². The number of hydrogen-bond donors (Lipinski definition) is 1. The first kappa shape index (κ1) is 22.0. The van der Waals surface area contributed by atoms with Crippen molar-refractivity contribution in [2.24, 2.45) is 0 Å². The summed E-state index contributed by atoms with van der Waals surface area (Å²) >= 11 is 1.09. The highest BCUT2D eigenvalue weighted by Gasteiger charge is 2.43. The smallest absolute Gasteiger partial charge is 0.395 e. The van der Waals surface area contributed by atoms with Gasteiger partial charge in [-0.05, 0) is 31.2 Å². The molecule has 0 saturated carbocycles. The van der Waals surface area contributed by atoms with Crippen molar-refractivity contribution in [3.63, 3.8) is 0 Å². The minimum absolute atomic E-state index is 0.0604. The monoisotopic (exact) mass is 463 g/mol. The van der Waals surface area contributed by atoms with Gasteiger partial charge in [0.1, 0.15) is 0 Å². The van der Waals surface area contributed by atoms with Crippen LogP contribution in [0.3, 0.4) is 0 Å². The number of nitrogens with one attached hydrogen (secondary N) is 1. The topological polar surface area (TPSA) is 91.7 Å². The number of amides is 1. The molecule has 1 atom stereocenters. The predicted molar refractivity (Wildman–Crippen MR) is 115 cm³/mol. The first-order valence-corrected chi connectivity index (χ1v) is 10.6. The van der Waals surface area contributed by atoms with Gasteiger partial charge in [-0.15, -0.1) is 8.78 Å². The zero-order chi connectivity index (χ0) is 22.9. The fourth-order valence-corrected chi connectivity index (χ4v) is 4.18. The Kier molecular flexibility index (Phi) is 6.02. The average Bonchev–Trinajstić information content (AvgIpc) is 3.05. The number of nitrogens with zero attached hydrogens (tertiary/aromatic N) is 2. The number of benzene rings is 2. The summed E-state index contributed by atoms with van der Waals surface area (Å²) in [5, 5.41) is 3.46. The second-order valence-electron chi connectivity index (χ2n) is 7.06. The Morgan fingerprint density at radius 3 is 2.78 bits per heavy atom. The summed E-state index contributed by atoms with van der Waals surface area (Å²) < 4.78 is 41.7. The number of rotatable bonds is 7. The molecule has 1 aliphatic heterocycles. The first-order valence-electron chi connectivity index (χ1n) is 9.60. The van der Waals surface area contributed by atoms with E-state index in [4.69, 9.17) is 4.74 Å². The van der Waals surface area contributed by atoms with Gasteiger partial charge < -0.3 is 19.5 Å². The molecule has 0 spiro atoms. The van der Waals surface area contributed by atoms with Gasteiger partial charge in [0, 0.05) is 18.9 Å². The van der Waals surface area contributed by atoms with Crippen LogP contribution in [0.5, 0.6) is 11.5 Å². The highest BCUT2D eigenvalue weighted by atomic mass is 32.2. The van der Waals surface area contributed by atoms with Crippen LogP contribution in [0.4, 0.5) is 14.5 Å². The number of halogens is 2. The molecule has 0 aliphatic carbocycles. The Morgan fingerprint density at radius 1 is 1.25 bits per heavy atom. The third kappa shape index (κ3) is 4.53. The number of hydrogen-bond acceptors (Lipinski definition) is 7. The van der Waals surface area contributed by atoms with Crippen molar-refractivity contribution in [3.05, 3.63) is 52.8 Å². The first-order chi connectivity index (χ1) is 15.3. The number of thioether (sulfide) groups is 1. The fourth-order valence-electron chi connectivity index (χ4n) is 3.29. The molecule has 8 nitrogen and oxygen atoms in total. The van der Waals surface area contributed by atoms with E-state index < -0.39 is 12.2 Å². The lowest BCUT2D eigenvalue weighted by molar-refractivity contribution is -0.286. The van der Waals surface area contributed by atoms with Crippen LogP contribution in [0.25, 0.3) is 10.9 Å². The van der Waals surface area contributed by atoms with Crippen molar-refractivity contribution in [1.29, 1.82) is 0 Å². The standard InChI is InChI=1S/C21H19F2N3O5S/c1-12(10-29-2)26-19(28)14-5-3-4-6-15(14)25-20(26)32-11-18(27)24-13-7-8-16-17(9-13)31-21(22,23)30-16/h3-9,12H,10-11H2,1-2H3,(H,24,27). The van der Waals surface area contributed by atoms with Crippen LogP contribution in [-0.4, -0.2) is 41.2 Å². The normalized spacial score (nSPS) is 15.0. The van der Waals surface area contributed by atoms with Gasteiger partial charge in [-0.3, -0.25) is 14.2 Å². The number of carbonyl (C=O) groups excluding carboxylic acids is 1. The van der Waals surface area contributed by atoms with E-state index in [-0.39, 0.29) is 34.5 Å². The second-order valence-corrected chi connectivity index (χ2v) is 8.00. The molecule has 1 N–H and O–H groups in total. The molecule has 2 aromatic carbocycles. The van der Waals surface area contributed by atoms with E-state index in [2.05, 4.69) is 19.8 Å². The largest absolute Gasteiger partial charge is 0.586 e. The van der Waals surface area contributed by atoms with Crippen LogP contribution < -0.4 is 20.3 Å². The Labute approximate surface area is 185 Å². The number of anilines is 1. The average molecular weight is 463 g/mol. The van der Waals surface area contributed by atoms with E-state index in [1.54, 1.807) is 24.3 Å². The molecule has 3 aromatic rings. The highest BCUT2D eigenvalue weighted by Crippen LogP contribution is 2.42. The summed E-state index contributed by atoms with van der Waals surface area (Å²) in [6.45, 7) is 2.12. The van der Waals surface area contributed by atoms with Gasteiger partial charge in [0.25, 0.3) is 5.56 Å². The SMILES string of the molecule is COCC(C)n1c(SCC(=O)Nc2ccc3c(c2)OC(F)(F)O3)nc2ccccc2c1=O. The summed E-state index contributed by atoms with van der Waals surface area (Å²) in [6.07, 6.45) is -3.73. The van der Waals surface area contributed by atoms with Crippen LogP contribution in [0.2, 0.25) is 0 Å². The molecule has 2 heterocycles. The van der Waals surface area contributed by atoms with E-state index in [0.717, 1.165) is 11.8 Å². The Hall–Kier alpha value is -3.18. The van der Waals surface area contributed by atoms with Crippen LogP contribution in [-0.2, 0) is 9.53 Å². The second kappa shape index (κ2) is 8.75. The molecule has 1 amide bonds. The van der Waals surface area contributed by atoms with Gasteiger partial charge in [0.15, 0.2) is 16.7 Å². The summed E-state index contributed by atoms with van der Waals surface area (Å²) in [4.78, 5) is 30.1. The Morgan fingerprint density at radius 2 is 2.00 bits per heavy atom. The van der Waals surface area contributed by atoms with Crippen molar-refractivity contribution < 1.29 is 27.8 Å². The molecular weight excluding hydrogens is 444 g/mol. The van der Waals surface area contributed by atoms with Gasteiger partial charge in [-0.2, -0.15) is 0 Å². The molecule has 1 aromatic heterocycles. The lowest BCUT2D eigenvalue weighted by atomic mass is 10.2. The molecule has 0 bridgehead atoms. The van der Waals surface area contributed by atoms with Gasteiger partial charge in [0.05, 0.1) is 29.3 Å². The number of methoxy groups -OCH3 is 1. The lowest BCUT2D eigenvalue weighted by Gasteiger charge is -2.18. The van der Waals surface area contributed by atoms with E-state index in [9.17, 15) is 18.4 Å². The molecule has 11 heteroatoms. The van der Waals surface area contributed by atoms with Gasteiger partial charge in [-0.25, -0.2) is 4.98 Å². The third-order valence-corrected chi connectivity index (χ3v) is 5.59. The Bertz CT molecular complexity index is 1230. The maximum Gasteiger partial charge on any atom is 0.586 e. The molecule has 168 valence electrons. The zero-order valence-corrected chi connectivity index (χ0v) is 17.9. The van der Waals surface area contributed by atoms with Gasteiger partial charge in [-0.1, -0.05) is 23.9 Å². The highest BCUT2D eigenvalue weighted by molar-refractivity contribution is 7.99. The number of alkyl halides is 2. The molecule has 0 radical (unpaired) electrons. The molecular formula is C21H19F2N3O5S. The number of carbonyl (C=O) groups is 1. The van der Waals surface area contributed by atoms with Crippen molar-refractivity contribution in [1.82, 2.24) is 9.55 Å². The molecule has 1 unspecified atom stereocenters. The van der Waals surface area contributed by atoms with E-state index >= 15 is 0 Å². The van der Waals surface area contributed by atoms with Crippen molar-refractivity contribution in [2.45, 2.75) is 24.4 Å². The van der Waals surface area contributed by atoms with Crippen molar-refractivity contribution in [2.75, 3.05) is 24.8 Å². The lowest BCUT2D eigenvalue weighted by Crippen LogP contribution is -2.29. The summed E-state index contributed by atoms with van der Waals surface area (Å²) in [5.41, 5.74) is 0.574. The number of para-hydroxylation sites is 1. The van der Waals surface area contributed by atoms with E-state index in [1.807, 2.05) is 6.92 Å². The van der Waals surface area contributed by atoms with Crippen LogP contribution in [0, 0.1) is 0 Å². The summed E-state index contributed by atoms with van der Waals surface area (Å²) in [7, 11) is 1.54. The van der Waals surface area contributed by atoms with E-state index in [0.29, 0.717) is 22.7 Å². The predicted octanol–water partition coefficient (Wildman–Crippen LogP) is 3.66.